The van der Waals surface area contributed by atoms with Gasteiger partial charge in [0.15, 0.2) is 5.96 Å². The van der Waals surface area contributed by atoms with Crippen molar-refractivity contribution in [3.8, 4) is 0 Å². The second-order valence-corrected chi connectivity index (χ2v) is 7.61. The standard InChI is InChI=1S/C19H36N6.HI/c1-15(2)9-8-10-16(3)22-19(20-4)21-13-12-18-24-23-17-11-6-5-7-14-25(17)18;/h15-16H,5-14H2,1-4H3,(H2,20,21,22);1H. The van der Waals surface area contributed by atoms with Crippen molar-refractivity contribution >= 4 is 29.9 Å². The van der Waals surface area contributed by atoms with Crippen molar-refractivity contribution in [2.75, 3.05) is 13.6 Å². The maximum atomic E-state index is 4.39. The highest BCUT2D eigenvalue weighted by Crippen LogP contribution is 2.14. The van der Waals surface area contributed by atoms with Gasteiger partial charge in [0.2, 0.25) is 0 Å². The van der Waals surface area contributed by atoms with Crippen LogP contribution in [0.4, 0.5) is 0 Å². The number of aryl methyl sites for hydroxylation is 1. The van der Waals surface area contributed by atoms with Crippen molar-refractivity contribution in [3.63, 3.8) is 0 Å². The zero-order valence-electron chi connectivity index (χ0n) is 16.9. The van der Waals surface area contributed by atoms with Crippen molar-refractivity contribution in [2.24, 2.45) is 10.9 Å². The average Bonchev–Trinajstić information content (AvgIpc) is 2.80. The SMILES string of the molecule is CN=C(NCCc1nnc2n1CCCCC2)NC(C)CCCC(C)C.I. The molecule has 0 spiro atoms. The second-order valence-electron chi connectivity index (χ2n) is 7.61. The highest BCUT2D eigenvalue weighted by Gasteiger charge is 2.14. The molecule has 2 heterocycles. The van der Waals surface area contributed by atoms with Crippen molar-refractivity contribution < 1.29 is 0 Å². The Balaban J connectivity index is 0.00000338. The first-order valence-corrected chi connectivity index (χ1v) is 9.98. The monoisotopic (exact) mass is 476 g/mol. The maximum Gasteiger partial charge on any atom is 0.191 e. The third-order valence-electron chi connectivity index (χ3n) is 4.85. The van der Waals surface area contributed by atoms with Crippen molar-refractivity contribution in [1.82, 2.24) is 25.4 Å². The molecule has 1 aromatic rings. The molecule has 1 aliphatic rings. The highest BCUT2D eigenvalue weighted by atomic mass is 127. The van der Waals surface area contributed by atoms with E-state index in [1.54, 1.807) is 0 Å². The summed E-state index contributed by atoms with van der Waals surface area (Å²) in [4.78, 5) is 4.34. The Kier molecular flexibility index (Phi) is 11.2. The molecule has 6 nitrogen and oxygen atoms in total. The van der Waals surface area contributed by atoms with Crippen LogP contribution in [-0.4, -0.2) is 40.4 Å². The lowest BCUT2D eigenvalue weighted by Crippen LogP contribution is -2.43. The van der Waals surface area contributed by atoms with Gasteiger partial charge in [0, 0.05) is 39.0 Å². The van der Waals surface area contributed by atoms with E-state index in [1.807, 2.05) is 7.05 Å². The Morgan fingerprint density at radius 2 is 1.96 bits per heavy atom. The first-order chi connectivity index (χ1) is 12.1. The quantitative estimate of drug-likeness (QED) is 0.342. The molecular formula is C19H37IN6. The number of hydrogen-bond acceptors (Lipinski definition) is 3. The van der Waals surface area contributed by atoms with Crippen LogP contribution >= 0.6 is 24.0 Å². The van der Waals surface area contributed by atoms with Gasteiger partial charge in [-0.2, -0.15) is 0 Å². The Labute approximate surface area is 176 Å². The van der Waals surface area contributed by atoms with Crippen molar-refractivity contribution in [2.45, 2.75) is 84.7 Å². The predicted octanol–water partition coefficient (Wildman–Crippen LogP) is 3.54. The molecule has 0 bridgehead atoms. The summed E-state index contributed by atoms with van der Waals surface area (Å²) < 4.78 is 2.32. The summed E-state index contributed by atoms with van der Waals surface area (Å²) in [7, 11) is 1.83. The van der Waals surface area contributed by atoms with Crippen LogP contribution in [0, 0.1) is 5.92 Å². The summed E-state index contributed by atoms with van der Waals surface area (Å²) >= 11 is 0. The number of aliphatic imine (C=N–C) groups is 1. The lowest BCUT2D eigenvalue weighted by atomic mass is 10.0. The Bertz CT molecular complexity index is 540. The van der Waals surface area contributed by atoms with Crippen LogP contribution in [0.2, 0.25) is 0 Å². The van der Waals surface area contributed by atoms with Gasteiger partial charge in [-0.15, -0.1) is 34.2 Å². The summed E-state index contributed by atoms with van der Waals surface area (Å²) in [5, 5.41) is 15.7. The number of hydrogen-bond donors (Lipinski definition) is 2. The van der Waals surface area contributed by atoms with Gasteiger partial charge in [-0.05, 0) is 32.1 Å². The molecule has 0 aromatic carbocycles. The van der Waals surface area contributed by atoms with E-state index in [-0.39, 0.29) is 24.0 Å². The lowest BCUT2D eigenvalue weighted by molar-refractivity contribution is 0.491. The van der Waals surface area contributed by atoms with E-state index in [0.717, 1.165) is 49.5 Å². The number of rotatable bonds is 8. The van der Waals surface area contributed by atoms with Gasteiger partial charge in [-0.1, -0.05) is 33.1 Å². The van der Waals surface area contributed by atoms with E-state index < -0.39 is 0 Å². The fourth-order valence-corrected chi connectivity index (χ4v) is 3.36. The summed E-state index contributed by atoms with van der Waals surface area (Å²) in [5.74, 6) is 3.93. The summed E-state index contributed by atoms with van der Waals surface area (Å²) in [5.41, 5.74) is 0. The minimum absolute atomic E-state index is 0. The van der Waals surface area contributed by atoms with Crippen LogP contribution in [0.1, 0.15) is 70.9 Å². The molecule has 0 aliphatic carbocycles. The van der Waals surface area contributed by atoms with Gasteiger partial charge in [0.25, 0.3) is 0 Å². The molecule has 26 heavy (non-hydrogen) atoms. The number of nitrogens with zero attached hydrogens (tertiary/aromatic N) is 4. The molecule has 1 aliphatic heterocycles. The smallest absolute Gasteiger partial charge is 0.191 e. The predicted molar refractivity (Wildman–Crippen MR) is 119 cm³/mol. The van der Waals surface area contributed by atoms with Gasteiger partial charge < -0.3 is 15.2 Å². The lowest BCUT2D eigenvalue weighted by Gasteiger charge is -2.18. The topological polar surface area (TPSA) is 67.1 Å². The van der Waals surface area contributed by atoms with Crippen LogP contribution in [0.25, 0.3) is 0 Å². The molecule has 0 saturated heterocycles. The van der Waals surface area contributed by atoms with E-state index in [0.29, 0.717) is 6.04 Å². The molecule has 0 amide bonds. The third kappa shape index (κ3) is 7.80. The number of nitrogens with one attached hydrogen (secondary N) is 2. The fourth-order valence-electron chi connectivity index (χ4n) is 3.36. The minimum Gasteiger partial charge on any atom is -0.356 e. The zero-order chi connectivity index (χ0) is 18.1. The molecule has 0 saturated carbocycles. The molecule has 0 radical (unpaired) electrons. The summed E-state index contributed by atoms with van der Waals surface area (Å²) in [6.07, 6.45) is 9.45. The van der Waals surface area contributed by atoms with Crippen LogP contribution in [0.15, 0.2) is 4.99 Å². The van der Waals surface area contributed by atoms with Crippen molar-refractivity contribution in [1.29, 1.82) is 0 Å². The normalized spacial score (nSPS) is 15.8. The van der Waals surface area contributed by atoms with Gasteiger partial charge in [0.05, 0.1) is 0 Å². The maximum absolute atomic E-state index is 4.39. The Morgan fingerprint density at radius 1 is 1.15 bits per heavy atom. The largest absolute Gasteiger partial charge is 0.356 e. The molecule has 7 heteroatoms. The third-order valence-corrected chi connectivity index (χ3v) is 4.85. The van der Waals surface area contributed by atoms with E-state index >= 15 is 0 Å². The fraction of sp³-hybridized carbons (Fsp3) is 0.842. The summed E-state index contributed by atoms with van der Waals surface area (Å²) in [6.45, 7) is 8.69. The van der Waals surface area contributed by atoms with E-state index in [4.69, 9.17) is 0 Å². The highest BCUT2D eigenvalue weighted by molar-refractivity contribution is 14.0. The van der Waals surface area contributed by atoms with Gasteiger partial charge in [-0.3, -0.25) is 4.99 Å². The van der Waals surface area contributed by atoms with E-state index in [1.165, 1.54) is 38.5 Å². The molecular weight excluding hydrogens is 439 g/mol. The zero-order valence-corrected chi connectivity index (χ0v) is 19.3. The van der Waals surface area contributed by atoms with Crippen LogP contribution in [-0.2, 0) is 19.4 Å². The summed E-state index contributed by atoms with van der Waals surface area (Å²) in [6, 6.07) is 0.439. The van der Waals surface area contributed by atoms with Crippen LogP contribution in [0.5, 0.6) is 0 Å². The molecule has 1 unspecified atom stereocenters. The van der Waals surface area contributed by atoms with E-state index in [9.17, 15) is 0 Å². The molecule has 2 N–H and O–H groups in total. The van der Waals surface area contributed by atoms with Crippen molar-refractivity contribution in [3.05, 3.63) is 11.6 Å². The van der Waals surface area contributed by atoms with E-state index in [2.05, 4.69) is 51.2 Å². The van der Waals surface area contributed by atoms with Gasteiger partial charge in [-0.25, -0.2) is 0 Å². The Hall–Kier alpha value is -0.860. The number of aromatic nitrogens is 3. The first-order valence-electron chi connectivity index (χ1n) is 9.98. The van der Waals surface area contributed by atoms with Gasteiger partial charge in [0.1, 0.15) is 11.6 Å². The number of halogens is 1. The molecule has 1 atom stereocenters. The molecule has 1 aromatic heterocycles. The minimum atomic E-state index is 0. The molecule has 0 fully saturated rings. The number of guanidine groups is 1. The first kappa shape index (κ1) is 23.2. The average molecular weight is 476 g/mol. The van der Waals surface area contributed by atoms with Gasteiger partial charge >= 0.3 is 0 Å². The molecule has 2 rings (SSSR count). The number of fused-ring (bicyclic) bond motifs is 1. The van der Waals surface area contributed by atoms with Crippen LogP contribution < -0.4 is 10.6 Å². The second kappa shape index (κ2) is 12.5. The van der Waals surface area contributed by atoms with Crippen LogP contribution in [0.3, 0.4) is 0 Å². The molecule has 150 valence electrons. The Morgan fingerprint density at radius 3 is 2.69 bits per heavy atom.